The normalized spacial score (nSPS) is 10.6. The summed E-state index contributed by atoms with van der Waals surface area (Å²) in [6.07, 6.45) is 0. The molecule has 1 N–H and O–H groups in total. The standard InChI is InChI=1S/C25H18ClIN2O6/c1-15-10-20(6-8-23(15)26)34-22-12-17(11-18(13-22)29(31)32)28-25(30)24-9-7-21(35-24)14-33-19-4-2-16(27)3-5-19/h2-13H,14H2,1H3,(H,28,30). The van der Waals surface area contributed by atoms with Gasteiger partial charge >= 0.3 is 0 Å². The Labute approximate surface area is 219 Å². The van der Waals surface area contributed by atoms with Crippen LogP contribution < -0.4 is 14.8 Å². The van der Waals surface area contributed by atoms with Crippen LogP contribution in [0.3, 0.4) is 0 Å². The molecule has 1 heterocycles. The highest BCUT2D eigenvalue weighted by Gasteiger charge is 2.16. The quantitative estimate of drug-likeness (QED) is 0.128. The number of nitrogens with zero attached hydrogens (tertiary/aromatic N) is 1. The van der Waals surface area contributed by atoms with E-state index in [1.54, 1.807) is 24.3 Å². The molecule has 8 nitrogen and oxygen atoms in total. The highest BCUT2D eigenvalue weighted by atomic mass is 127. The largest absolute Gasteiger partial charge is 0.486 e. The van der Waals surface area contributed by atoms with Gasteiger partial charge in [-0.15, -0.1) is 0 Å². The molecule has 0 fully saturated rings. The van der Waals surface area contributed by atoms with Crippen molar-refractivity contribution in [3.63, 3.8) is 0 Å². The molecule has 4 aromatic rings. The highest BCUT2D eigenvalue weighted by molar-refractivity contribution is 14.1. The Hall–Kier alpha value is -3.57. The maximum atomic E-state index is 12.7. The van der Waals surface area contributed by atoms with Gasteiger partial charge in [-0.2, -0.15) is 0 Å². The van der Waals surface area contributed by atoms with Crippen LogP contribution in [0.5, 0.6) is 17.2 Å². The minimum Gasteiger partial charge on any atom is -0.486 e. The summed E-state index contributed by atoms with van der Waals surface area (Å²) in [6.45, 7) is 1.96. The van der Waals surface area contributed by atoms with Crippen LogP contribution in [-0.2, 0) is 6.61 Å². The van der Waals surface area contributed by atoms with Crippen LogP contribution in [-0.4, -0.2) is 10.8 Å². The lowest BCUT2D eigenvalue weighted by Crippen LogP contribution is -2.11. The zero-order valence-electron chi connectivity index (χ0n) is 18.3. The molecular formula is C25H18ClIN2O6. The predicted molar refractivity (Wildman–Crippen MR) is 140 cm³/mol. The number of aryl methyl sites for hydroxylation is 1. The van der Waals surface area contributed by atoms with Crippen molar-refractivity contribution in [3.05, 3.63) is 109 Å². The molecule has 0 saturated carbocycles. The fraction of sp³-hybridized carbons (Fsp3) is 0.0800. The van der Waals surface area contributed by atoms with Gasteiger partial charge in [0.25, 0.3) is 11.6 Å². The second-order valence-corrected chi connectivity index (χ2v) is 9.10. The first-order valence-corrected chi connectivity index (χ1v) is 11.7. The van der Waals surface area contributed by atoms with Gasteiger partial charge in [0, 0.05) is 20.7 Å². The number of hydrogen-bond acceptors (Lipinski definition) is 6. The van der Waals surface area contributed by atoms with Crippen molar-refractivity contribution in [3.8, 4) is 17.2 Å². The number of halogens is 2. The van der Waals surface area contributed by atoms with E-state index < -0.39 is 10.8 Å². The van der Waals surface area contributed by atoms with E-state index in [-0.39, 0.29) is 29.5 Å². The molecule has 0 unspecified atom stereocenters. The van der Waals surface area contributed by atoms with Gasteiger partial charge in [0.15, 0.2) is 5.76 Å². The van der Waals surface area contributed by atoms with Gasteiger partial charge in [0.2, 0.25) is 0 Å². The van der Waals surface area contributed by atoms with Gasteiger partial charge in [0.1, 0.15) is 29.6 Å². The molecule has 0 spiro atoms. The first-order chi connectivity index (χ1) is 16.8. The Bertz CT molecular complexity index is 1390. The first kappa shape index (κ1) is 24.6. The van der Waals surface area contributed by atoms with Gasteiger partial charge in [-0.1, -0.05) is 11.6 Å². The maximum absolute atomic E-state index is 12.7. The molecule has 178 valence electrons. The van der Waals surface area contributed by atoms with Crippen LogP contribution in [0.4, 0.5) is 11.4 Å². The zero-order valence-corrected chi connectivity index (χ0v) is 21.2. The summed E-state index contributed by atoms with van der Waals surface area (Å²) in [5.41, 5.74) is 0.732. The van der Waals surface area contributed by atoms with Crippen molar-refractivity contribution < 1.29 is 23.6 Å². The molecule has 0 atom stereocenters. The topological polar surface area (TPSA) is 104 Å². The molecule has 3 aromatic carbocycles. The smallest absolute Gasteiger partial charge is 0.291 e. The summed E-state index contributed by atoms with van der Waals surface area (Å²) < 4.78 is 18.1. The number of anilines is 1. The molecule has 0 aliphatic heterocycles. The molecule has 1 aromatic heterocycles. The molecule has 0 bridgehead atoms. The third-order valence-electron chi connectivity index (χ3n) is 4.81. The van der Waals surface area contributed by atoms with E-state index in [1.165, 1.54) is 24.3 Å². The van der Waals surface area contributed by atoms with Crippen LogP contribution in [0, 0.1) is 20.6 Å². The Morgan fingerprint density at radius 1 is 1.03 bits per heavy atom. The average molecular weight is 605 g/mol. The number of benzene rings is 3. The Kier molecular flexibility index (Phi) is 7.57. The monoisotopic (exact) mass is 604 g/mol. The summed E-state index contributed by atoms with van der Waals surface area (Å²) in [5.74, 6) is 1.23. The van der Waals surface area contributed by atoms with E-state index in [4.69, 9.17) is 25.5 Å². The third-order valence-corrected chi connectivity index (χ3v) is 5.95. The van der Waals surface area contributed by atoms with Crippen LogP contribution in [0.2, 0.25) is 5.02 Å². The van der Waals surface area contributed by atoms with E-state index in [9.17, 15) is 14.9 Å². The lowest BCUT2D eigenvalue weighted by Gasteiger charge is -2.10. The SMILES string of the molecule is Cc1cc(Oc2cc(NC(=O)c3ccc(COc4ccc(I)cc4)o3)cc([N+](=O)[O-])c2)ccc1Cl. The minimum absolute atomic E-state index is 0.0357. The molecule has 1 amide bonds. The molecule has 0 saturated heterocycles. The predicted octanol–water partition coefficient (Wildman–Crippen LogP) is 7.38. The number of ether oxygens (including phenoxy) is 2. The average Bonchev–Trinajstić information content (AvgIpc) is 3.30. The minimum atomic E-state index is -0.570. The van der Waals surface area contributed by atoms with E-state index in [1.807, 2.05) is 31.2 Å². The van der Waals surface area contributed by atoms with Crippen molar-refractivity contribution in [2.24, 2.45) is 0 Å². The number of rotatable bonds is 8. The second kappa shape index (κ2) is 10.8. The van der Waals surface area contributed by atoms with Gasteiger partial charge in [-0.25, -0.2) is 0 Å². The van der Waals surface area contributed by atoms with Gasteiger partial charge in [0.05, 0.1) is 16.7 Å². The third kappa shape index (κ3) is 6.52. The van der Waals surface area contributed by atoms with E-state index in [0.29, 0.717) is 22.3 Å². The van der Waals surface area contributed by atoms with Crippen molar-refractivity contribution in [1.29, 1.82) is 0 Å². The molecule has 4 rings (SSSR count). The number of carbonyl (C=O) groups is 1. The molecule has 0 aliphatic rings. The Morgan fingerprint density at radius 2 is 1.77 bits per heavy atom. The lowest BCUT2D eigenvalue weighted by molar-refractivity contribution is -0.384. The lowest BCUT2D eigenvalue weighted by atomic mass is 10.2. The number of amides is 1. The molecule has 10 heteroatoms. The number of carbonyl (C=O) groups excluding carboxylic acids is 1. The molecular weight excluding hydrogens is 587 g/mol. The van der Waals surface area contributed by atoms with Crippen LogP contribution in [0.15, 0.2) is 77.2 Å². The van der Waals surface area contributed by atoms with Crippen LogP contribution in [0.25, 0.3) is 0 Å². The molecule has 0 aliphatic carbocycles. The Balaban J connectivity index is 1.46. The van der Waals surface area contributed by atoms with E-state index in [2.05, 4.69) is 27.9 Å². The van der Waals surface area contributed by atoms with E-state index >= 15 is 0 Å². The summed E-state index contributed by atoms with van der Waals surface area (Å²) in [7, 11) is 0. The number of nitro groups is 1. The fourth-order valence-electron chi connectivity index (χ4n) is 3.09. The van der Waals surface area contributed by atoms with Crippen molar-refractivity contribution in [2.45, 2.75) is 13.5 Å². The van der Waals surface area contributed by atoms with Crippen molar-refractivity contribution in [1.82, 2.24) is 0 Å². The summed E-state index contributed by atoms with van der Waals surface area (Å²) in [5, 5.41) is 14.6. The Morgan fingerprint density at radius 3 is 2.49 bits per heavy atom. The summed E-state index contributed by atoms with van der Waals surface area (Å²) in [6, 6.07) is 19.7. The number of hydrogen-bond donors (Lipinski definition) is 1. The zero-order chi connectivity index (χ0) is 24.9. The number of nitrogens with one attached hydrogen (secondary N) is 1. The highest BCUT2D eigenvalue weighted by Crippen LogP contribution is 2.31. The number of nitro benzene ring substituents is 1. The second-order valence-electron chi connectivity index (χ2n) is 7.45. The van der Waals surface area contributed by atoms with Crippen LogP contribution in [0.1, 0.15) is 21.9 Å². The van der Waals surface area contributed by atoms with Gasteiger partial charge in [-0.3, -0.25) is 14.9 Å². The molecule has 35 heavy (non-hydrogen) atoms. The summed E-state index contributed by atoms with van der Waals surface area (Å²) in [4.78, 5) is 23.5. The summed E-state index contributed by atoms with van der Waals surface area (Å²) >= 11 is 8.24. The fourth-order valence-corrected chi connectivity index (χ4v) is 3.57. The van der Waals surface area contributed by atoms with Gasteiger partial charge < -0.3 is 19.2 Å². The first-order valence-electron chi connectivity index (χ1n) is 10.3. The van der Waals surface area contributed by atoms with Crippen LogP contribution >= 0.6 is 34.2 Å². The van der Waals surface area contributed by atoms with Gasteiger partial charge in [-0.05, 0) is 89.7 Å². The maximum Gasteiger partial charge on any atom is 0.291 e. The van der Waals surface area contributed by atoms with Crippen molar-refractivity contribution >= 4 is 51.5 Å². The van der Waals surface area contributed by atoms with Crippen molar-refractivity contribution in [2.75, 3.05) is 5.32 Å². The molecule has 0 radical (unpaired) electrons. The van der Waals surface area contributed by atoms with E-state index in [0.717, 1.165) is 9.13 Å². The number of furan rings is 1. The number of non-ortho nitro benzene ring substituents is 1.